The van der Waals surface area contributed by atoms with Crippen LogP contribution in [0.5, 0.6) is 0 Å². The van der Waals surface area contributed by atoms with E-state index in [9.17, 15) is 8.78 Å². The zero-order valence-corrected chi connectivity index (χ0v) is 12.0. The highest BCUT2D eigenvalue weighted by atomic mass is 79.9. The van der Waals surface area contributed by atoms with Crippen LogP contribution in [-0.2, 0) is 0 Å². The Morgan fingerprint density at radius 3 is 2.32 bits per heavy atom. The lowest BCUT2D eigenvalue weighted by Gasteiger charge is -2.10. The number of hydrogen-bond acceptors (Lipinski definition) is 2. The smallest absolute Gasteiger partial charge is 0.149 e. The maximum absolute atomic E-state index is 13.5. The Morgan fingerprint density at radius 2 is 1.79 bits per heavy atom. The number of benzene rings is 2. The molecule has 0 unspecified atom stereocenters. The fraction of sp³-hybridized carbons (Fsp3) is 0. The van der Waals surface area contributed by atoms with Crippen molar-refractivity contribution >= 4 is 44.5 Å². The van der Waals surface area contributed by atoms with Crippen molar-refractivity contribution in [3.05, 3.63) is 58.1 Å². The molecular formula is C13H9BrF2N2S. The first-order valence-corrected chi connectivity index (χ1v) is 6.49. The second kappa shape index (κ2) is 5.63. The van der Waals surface area contributed by atoms with Crippen LogP contribution >= 0.6 is 28.1 Å². The molecule has 2 aromatic rings. The van der Waals surface area contributed by atoms with E-state index in [-0.39, 0.29) is 10.7 Å². The summed E-state index contributed by atoms with van der Waals surface area (Å²) in [5.74, 6) is -1.32. The summed E-state index contributed by atoms with van der Waals surface area (Å²) in [7, 11) is 0. The minimum absolute atomic E-state index is 0.197. The third kappa shape index (κ3) is 3.08. The summed E-state index contributed by atoms with van der Waals surface area (Å²) in [6.45, 7) is 0. The largest absolute Gasteiger partial charge is 0.389 e. The van der Waals surface area contributed by atoms with E-state index in [1.54, 1.807) is 18.2 Å². The molecule has 6 heteroatoms. The fourth-order valence-corrected chi connectivity index (χ4v) is 2.46. The van der Waals surface area contributed by atoms with Gasteiger partial charge in [-0.1, -0.05) is 18.3 Å². The third-order valence-electron chi connectivity index (χ3n) is 2.47. The number of para-hydroxylation sites is 1. The lowest BCUT2D eigenvalue weighted by molar-refractivity contribution is 0.591. The van der Waals surface area contributed by atoms with Crippen molar-refractivity contribution in [1.29, 1.82) is 0 Å². The summed E-state index contributed by atoms with van der Waals surface area (Å²) in [4.78, 5) is 0.246. The first-order chi connectivity index (χ1) is 8.99. The molecule has 0 aliphatic carbocycles. The van der Waals surface area contributed by atoms with Gasteiger partial charge in [0, 0.05) is 15.7 Å². The molecule has 0 saturated heterocycles. The number of thiocarbonyl (C=S) groups is 1. The van der Waals surface area contributed by atoms with Crippen LogP contribution in [0.4, 0.5) is 20.2 Å². The molecule has 0 spiro atoms. The van der Waals surface area contributed by atoms with Crippen molar-refractivity contribution in [2.75, 3.05) is 5.32 Å². The van der Waals surface area contributed by atoms with Gasteiger partial charge in [0.15, 0.2) is 0 Å². The molecule has 0 fully saturated rings. The van der Waals surface area contributed by atoms with E-state index in [4.69, 9.17) is 18.0 Å². The Morgan fingerprint density at radius 1 is 1.16 bits per heavy atom. The van der Waals surface area contributed by atoms with Gasteiger partial charge < -0.3 is 11.1 Å². The number of anilines is 2. The molecule has 2 nitrogen and oxygen atoms in total. The second-order valence-corrected chi connectivity index (χ2v) is 5.07. The van der Waals surface area contributed by atoms with E-state index < -0.39 is 11.6 Å². The molecule has 2 aromatic carbocycles. The molecule has 0 aromatic heterocycles. The van der Waals surface area contributed by atoms with Crippen LogP contribution < -0.4 is 11.1 Å². The van der Waals surface area contributed by atoms with Crippen LogP contribution in [0.3, 0.4) is 0 Å². The minimum atomic E-state index is -0.658. The lowest BCUT2D eigenvalue weighted by Crippen LogP contribution is -2.10. The van der Waals surface area contributed by atoms with E-state index in [0.717, 1.165) is 0 Å². The molecule has 98 valence electrons. The average molecular weight is 343 g/mol. The molecular weight excluding hydrogens is 334 g/mol. The van der Waals surface area contributed by atoms with Crippen LogP contribution in [0.1, 0.15) is 5.56 Å². The Labute approximate surface area is 122 Å². The summed E-state index contributed by atoms with van der Waals surface area (Å²) in [6, 6.07) is 8.65. The number of halogens is 3. The Hall–Kier alpha value is -1.53. The van der Waals surface area contributed by atoms with Gasteiger partial charge in [-0.15, -0.1) is 0 Å². The van der Waals surface area contributed by atoms with Crippen LogP contribution in [0.2, 0.25) is 0 Å². The van der Waals surface area contributed by atoms with E-state index in [0.29, 0.717) is 15.7 Å². The normalized spacial score (nSPS) is 10.3. The van der Waals surface area contributed by atoms with Crippen molar-refractivity contribution in [3.63, 3.8) is 0 Å². The summed E-state index contributed by atoms with van der Waals surface area (Å²) in [5.41, 5.74) is 6.52. The molecule has 0 aliphatic rings. The van der Waals surface area contributed by atoms with Gasteiger partial charge in [-0.3, -0.25) is 0 Å². The van der Waals surface area contributed by atoms with Crippen molar-refractivity contribution in [3.8, 4) is 0 Å². The standard InChI is InChI=1S/C13H9BrF2N2S/c14-9-6-7(4-5-8(9)13(17)19)18-12-10(15)2-1-3-11(12)16/h1-6,18H,(H2,17,19). The van der Waals surface area contributed by atoms with E-state index in [2.05, 4.69) is 21.2 Å². The molecule has 2 rings (SSSR count). The van der Waals surface area contributed by atoms with Crippen molar-refractivity contribution in [2.45, 2.75) is 0 Å². The number of rotatable bonds is 3. The summed E-state index contributed by atoms with van der Waals surface area (Å²) < 4.78 is 27.6. The summed E-state index contributed by atoms with van der Waals surface area (Å²) >= 11 is 8.17. The maximum atomic E-state index is 13.5. The van der Waals surface area contributed by atoms with Gasteiger partial charge in [0.2, 0.25) is 0 Å². The summed E-state index contributed by atoms with van der Waals surface area (Å²) in [6.07, 6.45) is 0. The summed E-state index contributed by atoms with van der Waals surface area (Å²) in [5, 5.41) is 2.68. The number of nitrogens with one attached hydrogen (secondary N) is 1. The Kier molecular flexibility index (Phi) is 4.11. The SMILES string of the molecule is NC(=S)c1ccc(Nc2c(F)cccc2F)cc1Br. The molecule has 0 aliphatic heterocycles. The molecule has 0 atom stereocenters. The van der Waals surface area contributed by atoms with Gasteiger partial charge in [0.1, 0.15) is 22.3 Å². The molecule has 0 heterocycles. The lowest BCUT2D eigenvalue weighted by atomic mass is 10.2. The maximum Gasteiger partial charge on any atom is 0.149 e. The average Bonchev–Trinajstić information content (AvgIpc) is 2.33. The molecule has 0 radical (unpaired) electrons. The molecule has 0 amide bonds. The molecule has 0 bridgehead atoms. The van der Waals surface area contributed by atoms with Crippen molar-refractivity contribution < 1.29 is 8.78 Å². The molecule has 0 saturated carbocycles. The first-order valence-electron chi connectivity index (χ1n) is 5.29. The monoisotopic (exact) mass is 342 g/mol. The van der Waals surface area contributed by atoms with Crippen molar-refractivity contribution in [2.24, 2.45) is 5.73 Å². The Bertz CT molecular complexity index is 626. The van der Waals surface area contributed by atoms with Gasteiger partial charge in [-0.25, -0.2) is 8.78 Å². The predicted octanol–water partition coefficient (Wildman–Crippen LogP) is 4.11. The van der Waals surface area contributed by atoms with E-state index in [1.807, 2.05) is 0 Å². The highest BCUT2D eigenvalue weighted by molar-refractivity contribution is 9.10. The highest BCUT2D eigenvalue weighted by Gasteiger charge is 2.10. The Balaban J connectivity index is 2.34. The van der Waals surface area contributed by atoms with Crippen molar-refractivity contribution in [1.82, 2.24) is 0 Å². The minimum Gasteiger partial charge on any atom is -0.389 e. The highest BCUT2D eigenvalue weighted by Crippen LogP contribution is 2.27. The topological polar surface area (TPSA) is 38.0 Å². The fourth-order valence-electron chi connectivity index (χ4n) is 1.55. The van der Waals surface area contributed by atoms with Crippen LogP contribution in [0.25, 0.3) is 0 Å². The van der Waals surface area contributed by atoms with Gasteiger partial charge in [0.05, 0.1) is 0 Å². The number of hydrogen-bond donors (Lipinski definition) is 2. The van der Waals surface area contributed by atoms with Crippen LogP contribution in [0.15, 0.2) is 40.9 Å². The van der Waals surface area contributed by atoms with Gasteiger partial charge >= 0.3 is 0 Å². The molecule has 19 heavy (non-hydrogen) atoms. The van der Waals surface area contributed by atoms with Gasteiger partial charge in [0.25, 0.3) is 0 Å². The van der Waals surface area contributed by atoms with E-state index >= 15 is 0 Å². The van der Waals surface area contributed by atoms with Gasteiger partial charge in [-0.05, 0) is 46.3 Å². The van der Waals surface area contributed by atoms with Crippen LogP contribution in [0, 0.1) is 11.6 Å². The molecule has 3 N–H and O–H groups in total. The predicted molar refractivity (Wildman–Crippen MR) is 79.7 cm³/mol. The zero-order valence-electron chi connectivity index (χ0n) is 9.58. The quantitative estimate of drug-likeness (QED) is 0.824. The zero-order chi connectivity index (χ0) is 14.0. The van der Waals surface area contributed by atoms with E-state index in [1.165, 1.54) is 18.2 Å². The van der Waals surface area contributed by atoms with Gasteiger partial charge in [-0.2, -0.15) is 0 Å². The third-order valence-corrected chi connectivity index (χ3v) is 3.34. The number of nitrogens with two attached hydrogens (primary N) is 1. The van der Waals surface area contributed by atoms with Crippen LogP contribution in [-0.4, -0.2) is 4.99 Å². The second-order valence-electron chi connectivity index (χ2n) is 3.78. The first kappa shape index (κ1) is 13.9.